The highest BCUT2D eigenvalue weighted by atomic mass is 16.5. The van der Waals surface area contributed by atoms with Gasteiger partial charge in [0.05, 0.1) is 13.0 Å². The SMILES string of the molecule is COC(=O)C1CC(=O)N(c2ccc3c(c2)N(C(C)=O)CC3)C1. The minimum atomic E-state index is -0.422. The van der Waals surface area contributed by atoms with Crippen molar-refractivity contribution in [2.24, 2.45) is 5.92 Å². The fourth-order valence-corrected chi connectivity index (χ4v) is 3.14. The van der Waals surface area contributed by atoms with E-state index in [2.05, 4.69) is 0 Å². The van der Waals surface area contributed by atoms with Crippen molar-refractivity contribution >= 4 is 29.2 Å². The Balaban J connectivity index is 1.87. The number of anilines is 2. The Kier molecular flexibility index (Phi) is 3.60. The molecule has 2 heterocycles. The lowest BCUT2D eigenvalue weighted by Crippen LogP contribution is -2.28. The average molecular weight is 302 g/mol. The van der Waals surface area contributed by atoms with E-state index in [-0.39, 0.29) is 24.2 Å². The molecule has 116 valence electrons. The first-order valence-electron chi connectivity index (χ1n) is 7.30. The van der Waals surface area contributed by atoms with Gasteiger partial charge in [-0.1, -0.05) is 6.07 Å². The second kappa shape index (κ2) is 5.44. The number of carbonyl (C=O) groups is 3. The number of rotatable bonds is 2. The molecule has 0 radical (unpaired) electrons. The lowest BCUT2D eigenvalue weighted by atomic mass is 10.1. The van der Waals surface area contributed by atoms with Crippen molar-refractivity contribution in [2.75, 3.05) is 30.0 Å². The van der Waals surface area contributed by atoms with Crippen LogP contribution in [0.3, 0.4) is 0 Å². The van der Waals surface area contributed by atoms with Crippen LogP contribution in [0.25, 0.3) is 0 Å². The van der Waals surface area contributed by atoms with Crippen LogP contribution in [0.15, 0.2) is 18.2 Å². The number of hydrogen-bond acceptors (Lipinski definition) is 4. The fourth-order valence-electron chi connectivity index (χ4n) is 3.14. The van der Waals surface area contributed by atoms with Crippen LogP contribution in [0, 0.1) is 5.92 Å². The fraction of sp³-hybridized carbons (Fsp3) is 0.438. The maximum atomic E-state index is 12.2. The van der Waals surface area contributed by atoms with Crippen LogP contribution in [0.4, 0.5) is 11.4 Å². The predicted molar refractivity (Wildman–Crippen MR) is 80.6 cm³/mol. The first kappa shape index (κ1) is 14.6. The van der Waals surface area contributed by atoms with Crippen molar-refractivity contribution in [3.63, 3.8) is 0 Å². The van der Waals surface area contributed by atoms with Gasteiger partial charge in [-0.2, -0.15) is 0 Å². The molecule has 1 atom stereocenters. The molecule has 1 aromatic carbocycles. The average Bonchev–Trinajstić information content (AvgIpc) is 3.09. The Bertz CT molecular complexity index is 656. The molecule has 0 aromatic heterocycles. The number of ether oxygens (including phenoxy) is 1. The largest absolute Gasteiger partial charge is 0.469 e. The molecule has 3 rings (SSSR count). The van der Waals surface area contributed by atoms with Gasteiger partial charge in [0.1, 0.15) is 0 Å². The number of amides is 2. The van der Waals surface area contributed by atoms with Gasteiger partial charge in [0.15, 0.2) is 0 Å². The number of hydrogen-bond donors (Lipinski definition) is 0. The van der Waals surface area contributed by atoms with E-state index < -0.39 is 5.92 Å². The van der Waals surface area contributed by atoms with Gasteiger partial charge in [0, 0.05) is 37.8 Å². The molecule has 1 fully saturated rings. The molecule has 2 aliphatic heterocycles. The zero-order chi connectivity index (χ0) is 15.9. The molecule has 1 saturated heterocycles. The molecule has 1 unspecified atom stereocenters. The minimum Gasteiger partial charge on any atom is -0.469 e. The monoisotopic (exact) mass is 302 g/mol. The third-order valence-corrected chi connectivity index (χ3v) is 4.32. The zero-order valence-corrected chi connectivity index (χ0v) is 12.7. The number of fused-ring (bicyclic) bond motifs is 1. The number of methoxy groups -OCH3 is 1. The maximum Gasteiger partial charge on any atom is 0.311 e. The van der Waals surface area contributed by atoms with Gasteiger partial charge in [-0.25, -0.2) is 0 Å². The minimum absolute atomic E-state index is 0.00362. The first-order chi connectivity index (χ1) is 10.5. The van der Waals surface area contributed by atoms with E-state index in [1.165, 1.54) is 14.0 Å². The van der Waals surface area contributed by atoms with Gasteiger partial charge in [0.2, 0.25) is 11.8 Å². The normalized spacial score (nSPS) is 20.3. The molecule has 22 heavy (non-hydrogen) atoms. The molecule has 0 spiro atoms. The quantitative estimate of drug-likeness (QED) is 0.768. The Morgan fingerprint density at radius 1 is 1.32 bits per heavy atom. The smallest absolute Gasteiger partial charge is 0.311 e. The third-order valence-electron chi connectivity index (χ3n) is 4.32. The highest BCUT2D eigenvalue weighted by Gasteiger charge is 2.36. The van der Waals surface area contributed by atoms with Crippen molar-refractivity contribution in [3.8, 4) is 0 Å². The van der Waals surface area contributed by atoms with Crippen molar-refractivity contribution in [1.29, 1.82) is 0 Å². The maximum absolute atomic E-state index is 12.2. The molecule has 0 aliphatic carbocycles. The summed E-state index contributed by atoms with van der Waals surface area (Å²) < 4.78 is 4.72. The van der Waals surface area contributed by atoms with Crippen LogP contribution in [-0.4, -0.2) is 38.0 Å². The zero-order valence-electron chi connectivity index (χ0n) is 12.7. The van der Waals surface area contributed by atoms with Crippen molar-refractivity contribution in [2.45, 2.75) is 19.8 Å². The van der Waals surface area contributed by atoms with Gasteiger partial charge < -0.3 is 14.5 Å². The van der Waals surface area contributed by atoms with E-state index >= 15 is 0 Å². The Labute approximate surface area is 128 Å². The molecule has 2 amide bonds. The van der Waals surface area contributed by atoms with Crippen LogP contribution in [-0.2, 0) is 25.5 Å². The van der Waals surface area contributed by atoms with E-state index in [4.69, 9.17) is 4.74 Å². The second-order valence-electron chi connectivity index (χ2n) is 5.66. The highest BCUT2D eigenvalue weighted by Crippen LogP contribution is 2.34. The van der Waals surface area contributed by atoms with E-state index in [1.807, 2.05) is 18.2 Å². The predicted octanol–water partition coefficient (Wildman–Crippen LogP) is 1.12. The summed E-state index contributed by atoms with van der Waals surface area (Å²) in [5.74, 6) is -0.879. The lowest BCUT2D eigenvalue weighted by molar-refractivity contribution is -0.145. The van der Waals surface area contributed by atoms with Gasteiger partial charge in [-0.05, 0) is 24.1 Å². The summed E-state index contributed by atoms with van der Waals surface area (Å²) >= 11 is 0. The number of benzene rings is 1. The molecular formula is C16H18N2O4. The first-order valence-corrected chi connectivity index (χ1v) is 7.30. The van der Waals surface area contributed by atoms with Gasteiger partial charge in [-0.15, -0.1) is 0 Å². The van der Waals surface area contributed by atoms with Crippen molar-refractivity contribution < 1.29 is 19.1 Å². The molecule has 6 nitrogen and oxygen atoms in total. The standard InChI is InChI=1S/C16H18N2O4/c1-10(19)17-6-5-11-3-4-13(8-14(11)17)18-9-12(7-15(18)20)16(21)22-2/h3-4,8,12H,5-7,9H2,1-2H3. The summed E-state index contributed by atoms with van der Waals surface area (Å²) in [6.45, 7) is 2.54. The molecule has 0 saturated carbocycles. The van der Waals surface area contributed by atoms with Gasteiger partial charge >= 0.3 is 5.97 Å². The van der Waals surface area contributed by atoms with Gasteiger partial charge in [0.25, 0.3) is 0 Å². The Morgan fingerprint density at radius 3 is 2.77 bits per heavy atom. The Morgan fingerprint density at radius 2 is 2.09 bits per heavy atom. The van der Waals surface area contributed by atoms with E-state index in [0.717, 1.165) is 23.4 Å². The highest BCUT2D eigenvalue weighted by molar-refractivity contribution is 6.01. The van der Waals surface area contributed by atoms with Gasteiger partial charge in [-0.3, -0.25) is 14.4 Å². The van der Waals surface area contributed by atoms with E-state index in [1.54, 1.807) is 9.80 Å². The molecular weight excluding hydrogens is 284 g/mol. The third kappa shape index (κ3) is 2.34. The van der Waals surface area contributed by atoms with Crippen LogP contribution >= 0.6 is 0 Å². The lowest BCUT2D eigenvalue weighted by Gasteiger charge is -2.20. The second-order valence-corrected chi connectivity index (χ2v) is 5.66. The summed E-state index contributed by atoms with van der Waals surface area (Å²) in [5, 5.41) is 0. The summed E-state index contributed by atoms with van der Waals surface area (Å²) in [5.41, 5.74) is 2.69. The van der Waals surface area contributed by atoms with Crippen LogP contribution in [0.5, 0.6) is 0 Å². The molecule has 0 N–H and O–H groups in total. The topological polar surface area (TPSA) is 66.9 Å². The molecule has 1 aromatic rings. The van der Waals surface area contributed by atoms with Crippen molar-refractivity contribution in [1.82, 2.24) is 0 Å². The summed E-state index contributed by atoms with van der Waals surface area (Å²) in [6, 6.07) is 5.69. The van der Waals surface area contributed by atoms with Crippen LogP contribution in [0.1, 0.15) is 18.9 Å². The molecule has 0 bridgehead atoms. The van der Waals surface area contributed by atoms with Crippen LogP contribution < -0.4 is 9.80 Å². The number of nitrogens with zero attached hydrogens (tertiary/aromatic N) is 2. The molecule has 2 aliphatic rings. The van der Waals surface area contributed by atoms with E-state index in [9.17, 15) is 14.4 Å². The van der Waals surface area contributed by atoms with Crippen molar-refractivity contribution in [3.05, 3.63) is 23.8 Å². The summed E-state index contributed by atoms with van der Waals surface area (Å²) in [4.78, 5) is 38.8. The Hall–Kier alpha value is -2.37. The van der Waals surface area contributed by atoms with Crippen LogP contribution in [0.2, 0.25) is 0 Å². The number of carbonyl (C=O) groups excluding carboxylic acids is 3. The summed E-state index contributed by atoms with van der Waals surface area (Å²) in [6.07, 6.45) is 0.994. The summed E-state index contributed by atoms with van der Waals surface area (Å²) in [7, 11) is 1.33. The number of esters is 1. The molecule has 6 heteroatoms. The van der Waals surface area contributed by atoms with E-state index in [0.29, 0.717) is 13.1 Å².